The first-order chi connectivity index (χ1) is 13.1. The van der Waals surface area contributed by atoms with E-state index in [2.05, 4.69) is 16.8 Å². The summed E-state index contributed by atoms with van der Waals surface area (Å²) in [6, 6.07) is 18.0. The number of halogens is 1. The van der Waals surface area contributed by atoms with Crippen LogP contribution in [-0.2, 0) is 11.2 Å². The average Bonchev–Trinajstić information content (AvgIpc) is 2.68. The van der Waals surface area contributed by atoms with Crippen LogP contribution in [-0.4, -0.2) is 16.8 Å². The fourth-order valence-corrected chi connectivity index (χ4v) is 3.17. The van der Waals surface area contributed by atoms with Gasteiger partial charge in [-0.2, -0.15) is 0 Å². The fraction of sp³-hybridized carbons (Fsp3) is 0.0455. The number of imide groups is 1. The normalized spacial score (nSPS) is 13.0. The second kappa shape index (κ2) is 7.06. The molecule has 130 valence electrons. The van der Waals surface area contributed by atoms with Crippen LogP contribution in [0.15, 0.2) is 66.9 Å². The number of pyridine rings is 1. The van der Waals surface area contributed by atoms with Crippen LogP contribution in [0.2, 0.25) is 5.02 Å². The van der Waals surface area contributed by atoms with E-state index in [9.17, 15) is 9.59 Å². The molecule has 1 aliphatic heterocycles. The molecule has 3 aromatic rings. The van der Waals surface area contributed by atoms with Gasteiger partial charge in [-0.3, -0.25) is 14.6 Å². The van der Waals surface area contributed by atoms with Gasteiger partial charge in [-0.25, -0.2) is 4.90 Å². The van der Waals surface area contributed by atoms with Gasteiger partial charge >= 0.3 is 0 Å². The highest BCUT2D eigenvalue weighted by Gasteiger charge is 2.33. The van der Waals surface area contributed by atoms with Crippen LogP contribution in [0, 0.1) is 11.8 Å². The minimum absolute atomic E-state index is 0.0633. The Bertz CT molecular complexity index is 1110. The minimum atomic E-state index is -0.417. The summed E-state index contributed by atoms with van der Waals surface area (Å²) in [7, 11) is 0. The first-order valence-corrected chi connectivity index (χ1v) is 8.69. The van der Waals surface area contributed by atoms with Crippen molar-refractivity contribution in [3.05, 3.63) is 94.3 Å². The molecule has 27 heavy (non-hydrogen) atoms. The molecule has 2 heterocycles. The molecule has 0 saturated carbocycles. The molecule has 5 heteroatoms. The van der Waals surface area contributed by atoms with Gasteiger partial charge in [-0.1, -0.05) is 41.6 Å². The number of fused-ring (bicyclic) bond motifs is 1. The van der Waals surface area contributed by atoms with Crippen LogP contribution < -0.4 is 4.90 Å². The van der Waals surface area contributed by atoms with Gasteiger partial charge in [0.1, 0.15) is 0 Å². The van der Waals surface area contributed by atoms with Crippen molar-refractivity contribution in [3.8, 4) is 11.8 Å². The van der Waals surface area contributed by atoms with Crippen LogP contribution in [0.3, 0.4) is 0 Å². The summed E-state index contributed by atoms with van der Waals surface area (Å²) in [5.74, 6) is 5.32. The number of nitrogens with zero attached hydrogens (tertiary/aromatic N) is 2. The Morgan fingerprint density at radius 3 is 2.48 bits per heavy atom. The Labute approximate surface area is 161 Å². The Hall–Kier alpha value is -3.42. The lowest BCUT2D eigenvalue weighted by Crippen LogP contribution is -2.43. The van der Waals surface area contributed by atoms with Crippen LogP contribution in [0.1, 0.15) is 27.2 Å². The highest BCUT2D eigenvalue weighted by molar-refractivity contribution is 6.36. The molecule has 0 aliphatic carbocycles. The van der Waals surface area contributed by atoms with E-state index in [1.165, 1.54) is 0 Å². The van der Waals surface area contributed by atoms with Crippen molar-refractivity contribution < 1.29 is 9.59 Å². The molecule has 0 bridgehead atoms. The third-order valence-electron chi connectivity index (χ3n) is 4.21. The predicted octanol–water partition coefficient (Wildman–Crippen LogP) is 3.86. The molecule has 0 unspecified atom stereocenters. The average molecular weight is 373 g/mol. The number of carbonyl (C=O) groups is 2. The summed E-state index contributed by atoms with van der Waals surface area (Å²) in [6.07, 6.45) is 1.63. The summed E-state index contributed by atoms with van der Waals surface area (Å²) in [5, 5.41) is 0.295. The molecule has 0 saturated heterocycles. The zero-order chi connectivity index (χ0) is 18.8. The molecule has 0 radical (unpaired) electrons. The monoisotopic (exact) mass is 372 g/mol. The Kier molecular flexibility index (Phi) is 4.45. The van der Waals surface area contributed by atoms with E-state index in [1.54, 1.807) is 36.5 Å². The molecule has 2 aromatic carbocycles. The number of aromatic nitrogens is 1. The van der Waals surface area contributed by atoms with E-state index >= 15 is 0 Å². The maximum atomic E-state index is 12.8. The molecule has 2 amide bonds. The molecule has 0 atom stereocenters. The van der Waals surface area contributed by atoms with Crippen LogP contribution in [0.4, 0.5) is 5.69 Å². The van der Waals surface area contributed by atoms with Crippen molar-refractivity contribution in [3.63, 3.8) is 0 Å². The lowest BCUT2D eigenvalue weighted by Gasteiger charge is -2.26. The van der Waals surface area contributed by atoms with Gasteiger partial charge in [-0.05, 0) is 42.5 Å². The molecular formula is C22H13ClN2O2. The zero-order valence-electron chi connectivity index (χ0n) is 14.1. The third-order valence-corrected chi connectivity index (χ3v) is 4.51. The summed E-state index contributed by atoms with van der Waals surface area (Å²) in [5.41, 5.74) is 2.85. The van der Waals surface area contributed by atoms with Crippen LogP contribution in [0.25, 0.3) is 0 Å². The standard InChI is InChI=1S/C22H13ClN2O2/c23-18-13-16(9-8-15-5-2-1-3-6-15)10-11-20(18)25-21(26)14-19-17(22(25)27)7-4-12-24-19/h1-7,10-13H,14H2. The van der Waals surface area contributed by atoms with Gasteiger partial charge in [0.2, 0.25) is 5.91 Å². The maximum Gasteiger partial charge on any atom is 0.266 e. The Morgan fingerprint density at radius 1 is 0.926 bits per heavy atom. The second-order valence-corrected chi connectivity index (χ2v) is 6.40. The van der Waals surface area contributed by atoms with Crippen molar-refractivity contribution in [2.24, 2.45) is 0 Å². The first-order valence-electron chi connectivity index (χ1n) is 8.31. The number of hydrogen-bond donors (Lipinski definition) is 0. The zero-order valence-corrected chi connectivity index (χ0v) is 14.9. The van der Waals surface area contributed by atoms with Crippen molar-refractivity contribution in [2.75, 3.05) is 4.90 Å². The van der Waals surface area contributed by atoms with E-state index in [4.69, 9.17) is 11.6 Å². The number of carbonyl (C=O) groups excluding carboxylic acids is 2. The number of benzene rings is 2. The van der Waals surface area contributed by atoms with E-state index in [1.807, 2.05) is 30.3 Å². The van der Waals surface area contributed by atoms with Crippen LogP contribution >= 0.6 is 11.6 Å². The molecular weight excluding hydrogens is 360 g/mol. The van der Waals surface area contributed by atoms with E-state index in [-0.39, 0.29) is 12.3 Å². The molecule has 4 rings (SSSR count). The SMILES string of the molecule is O=C1Cc2ncccc2C(=O)N1c1ccc(C#Cc2ccccc2)cc1Cl. The number of rotatable bonds is 1. The summed E-state index contributed by atoms with van der Waals surface area (Å²) >= 11 is 6.37. The summed E-state index contributed by atoms with van der Waals surface area (Å²) < 4.78 is 0. The van der Waals surface area contributed by atoms with Gasteiger partial charge in [0.15, 0.2) is 0 Å². The van der Waals surface area contributed by atoms with E-state index in [0.717, 1.165) is 10.5 Å². The third kappa shape index (κ3) is 3.33. The molecule has 0 fully saturated rings. The molecule has 4 nitrogen and oxygen atoms in total. The topological polar surface area (TPSA) is 50.3 Å². The number of anilines is 1. The predicted molar refractivity (Wildman–Crippen MR) is 104 cm³/mol. The van der Waals surface area contributed by atoms with Crippen molar-refractivity contribution in [1.29, 1.82) is 0 Å². The Morgan fingerprint density at radius 2 is 1.70 bits per heavy atom. The fourth-order valence-electron chi connectivity index (χ4n) is 2.91. The van der Waals surface area contributed by atoms with Gasteiger partial charge in [0.05, 0.1) is 28.4 Å². The number of hydrogen-bond acceptors (Lipinski definition) is 3. The molecule has 1 aromatic heterocycles. The molecule has 0 spiro atoms. The van der Waals surface area contributed by atoms with Gasteiger partial charge < -0.3 is 0 Å². The van der Waals surface area contributed by atoms with E-state index in [0.29, 0.717) is 27.5 Å². The largest absolute Gasteiger partial charge is 0.274 e. The van der Waals surface area contributed by atoms with Gasteiger partial charge in [-0.15, -0.1) is 0 Å². The van der Waals surface area contributed by atoms with Crippen molar-refractivity contribution in [2.45, 2.75) is 6.42 Å². The van der Waals surface area contributed by atoms with Gasteiger partial charge in [0, 0.05) is 17.3 Å². The second-order valence-electron chi connectivity index (χ2n) is 5.99. The summed E-state index contributed by atoms with van der Waals surface area (Å²) in [4.78, 5) is 30.5. The first kappa shape index (κ1) is 17.0. The lowest BCUT2D eigenvalue weighted by atomic mass is 10.0. The van der Waals surface area contributed by atoms with Crippen molar-refractivity contribution >= 4 is 29.1 Å². The van der Waals surface area contributed by atoms with Crippen LogP contribution in [0.5, 0.6) is 0 Å². The molecule has 0 N–H and O–H groups in total. The highest BCUT2D eigenvalue weighted by Crippen LogP contribution is 2.31. The molecule has 1 aliphatic rings. The van der Waals surface area contributed by atoms with Gasteiger partial charge in [0.25, 0.3) is 5.91 Å². The number of amides is 2. The lowest BCUT2D eigenvalue weighted by molar-refractivity contribution is -0.117. The minimum Gasteiger partial charge on any atom is -0.274 e. The van der Waals surface area contributed by atoms with E-state index < -0.39 is 5.91 Å². The highest BCUT2D eigenvalue weighted by atomic mass is 35.5. The Balaban J connectivity index is 1.67. The smallest absolute Gasteiger partial charge is 0.266 e. The quantitative estimate of drug-likeness (QED) is 0.481. The summed E-state index contributed by atoms with van der Waals surface area (Å²) in [6.45, 7) is 0. The van der Waals surface area contributed by atoms with Crippen molar-refractivity contribution in [1.82, 2.24) is 4.98 Å². The maximum absolute atomic E-state index is 12.8.